The highest BCUT2D eigenvalue weighted by Crippen LogP contribution is 2.32. The van der Waals surface area contributed by atoms with Crippen LogP contribution in [-0.2, 0) is 6.54 Å². The van der Waals surface area contributed by atoms with Crippen molar-refractivity contribution in [1.82, 2.24) is 9.97 Å². The van der Waals surface area contributed by atoms with Crippen LogP contribution in [0.4, 0.5) is 0 Å². The van der Waals surface area contributed by atoms with E-state index in [2.05, 4.69) is 29.9 Å². The lowest BCUT2D eigenvalue weighted by molar-refractivity contribution is 0.416. The Labute approximate surface area is 107 Å². The number of hydrogen-bond acceptors (Lipinski definition) is 4. The molecular formula is C14H17N3O. The van der Waals surface area contributed by atoms with E-state index in [1.54, 1.807) is 19.5 Å². The number of nitrogens with two attached hydrogens (primary N) is 1. The summed E-state index contributed by atoms with van der Waals surface area (Å²) in [5, 5.41) is 0. The maximum atomic E-state index is 5.70. The van der Waals surface area contributed by atoms with Gasteiger partial charge < -0.3 is 10.5 Å². The van der Waals surface area contributed by atoms with Crippen molar-refractivity contribution in [1.29, 1.82) is 0 Å². The predicted molar refractivity (Wildman–Crippen MR) is 71.4 cm³/mol. The molecule has 0 bridgehead atoms. The first kappa shape index (κ1) is 12.5. The molecule has 94 valence electrons. The number of benzene rings is 1. The lowest BCUT2D eigenvalue weighted by atomic mass is 10.0. The Hall–Kier alpha value is -1.94. The zero-order valence-corrected chi connectivity index (χ0v) is 10.9. The van der Waals surface area contributed by atoms with Crippen molar-refractivity contribution >= 4 is 0 Å². The van der Waals surface area contributed by atoms with Crippen LogP contribution in [0.5, 0.6) is 5.75 Å². The summed E-state index contributed by atoms with van der Waals surface area (Å²) in [6.07, 6.45) is 3.32. The van der Waals surface area contributed by atoms with Crippen molar-refractivity contribution in [2.45, 2.75) is 20.4 Å². The first-order chi connectivity index (χ1) is 8.67. The number of rotatable bonds is 3. The topological polar surface area (TPSA) is 61.0 Å². The molecule has 2 N–H and O–H groups in total. The zero-order valence-electron chi connectivity index (χ0n) is 10.9. The van der Waals surface area contributed by atoms with Gasteiger partial charge in [0.25, 0.3) is 0 Å². The van der Waals surface area contributed by atoms with Gasteiger partial charge in [-0.2, -0.15) is 0 Å². The van der Waals surface area contributed by atoms with E-state index in [4.69, 9.17) is 10.5 Å². The third kappa shape index (κ3) is 2.19. The Balaban J connectivity index is 2.66. The van der Waals surface area contributed by atoms with Crippen LogP contribution in [0.15, 0.2) is 24.5 Å². The van der Waals surface area contributed by atoms with Gasteiger partial charge >= 0.3 is 0 Å². The molecule has 0 unspecified atom stereocenters. The minimum atomic E-state index is 0.360. The molecule has 0 radical (unpaired) electrons. The van der Waals surface area contributed by atoms with E-state index >= 15 is 0 Å². The molecule has 0 aliphatic rings. The Bertz CT molecular complexity index is 567. The number of methoxy groups -OCH3 is 1. The van der Waals surface area contributed by atoms with Gasteiger partial charge in [-0.05, 0) is 37.1 Å². The van der Waals surface area contributed by atoms with Crippen LogP contribution < -0.4 is 10.5 Å². The summed E-state index contributed by atoms with van der Waals surface area (Å²) < 4.78 is 5.43. The fraction of sp³-hybridized carbons (Fsp3) is 0.286. The highest BCUT2D eigenvalue weighted by molar-refractivity contribution is 5.70. The maximum Gasteiger partial charge on any atom is 0.128 e. The summed E-state index contributed by atoms with van der Waals surface area (Å²) in [5.41, 5.74) is 10.6. The highest BCUT2D eigenvalue weighted by Gasteiger charge is 2.13. The first-order valence-corrected chi connectivity index (χ1v) is 5.83. The molecule has 4 nitrogen and oxygen atoms in total. The molecule has 0 saturated carbocycles. The Morgan fingerprint density at radius 2 is 1.78 bits per heavy atom. The SMILES string of the molecule is COc1cc(C)c(C)cc1-c1nccnc1CN. The van der Waals surface area contributed by atoms with Crippen molar-refractivity contribution < 1.29 is 4.74 Å². The quantitative estimate of drug-likeness (QED) is 0.898. The summed E-state index contributed by atoms with van der Waals surface area (Å²) in [4.78, 5) is 8.63. The van der Waals surface area contributed by atoms with Crippen molar-refractivity contribution in [3.63, 3.8) is 0 Å². The molecule has 2 rings (SSSR count). The highest BCUT2D eigenvalue weighted by atomic mass is 16.5. The summed E-state index contributed by atoms with van der Waals surface area (Å²) in [6, 6.07) is 4.08. The molecule has 0 fully saturated rings. The molecule has 1 aromatic heterocycles. The van der Waals surface area contributed by atoms with Crippen molar-refractivity contribution in [2.75, 3.05) is 7.11 Å². The monoisotopic (exact) mass is 243 g/mol. The smallest absolute Gasteiger partial charge is 0.128 e. The maximum absolute atomic E-state index is 5.70. The fourth-order valence-corrected chi connectivity index (χ4v) is 1.88. The lowest BCUT2D eigenvalue weighted by Crippen LogP contribution is -2.04. The molecule has 2 aromatic rings. The molecule has 1 heterocycles. The van der Waals surface area contributed by atoms with E-state index < -0.39 is 0 Å². The molecule has 0 aliphatic heterocycles. The van der Waals surface area contributed by atoms with Crippen molar-refractivity contribution in [3.05, 3.63) is 41.3 Å². The molecule has 0 amide bonds. The standard InChI is InChI=1S/C14H17N3O/c1-9-6-11(13(18-3)7-10(9)2)14-12(8-15)16-4-5-17-14/h4-7H,8,15H2,1-3H3. The van der Waals surface area contributed by atoms with Crippen LogP contribution in [-0.4, -0.2) is 17.1 Å². The van der Waals surface area contributed by atoms with Gasteiger partial charge in [0.15, 0.2) is 0 Å². The van der Waals surface area contributed by atoms with Crippen LogP contribution in [0, 0.1) is 13.8 Å². The number of ether oxygens (including phenoxy) is 1. The third-order valence-electron chi connectivity index (χ3n) is 3.04. The number of aromatic nitrogens is 2. The van der Waals surface area contributed by atoms with E-state index in [-0.39, 0.29) is 0 Å². The minimum Gasteiger partial charge on any atom is -0.496 e. The first-order valence-electron chi connectivity index (χ1n) is 5.83. The minimum absolute atomic E-state index is 0.360. The van der Waals surface area contributed by atoms with Gasteiger partial charge in [-0.3, -0.25) is 9.97 Å². The molecule has 18 heavy (non-hydrogen) atoms. The van der Waals surface area contributed by atoms with E-state index in [1.807, 2.05) is 6.07 Å². The molecular weight excluding hydrogens is 226 g/mol. The largest absolute Gasteiger partial charge is 0.496 e. The van der Waals surface area contributed by atoms with Gasteiger partial charge in [0.1, 0.15) is 5.75 Å². The number of aryl methyl sites for hydroxylation is 2. The lowest BCUT2D eigenvalue weighted by Gasteiger charge is -2.13. The summed E-state index contributed by atoms with van der Waals surface area (Å²) in [6.45, 7) is 4.48. The second-order valence-electron chi connectivity index (χ2n) is 4.19. The van der Waals surface area contributed by atoms with Crippen LogP contribution in [0.2, 0.25) is 0 Å². The average Bonchev–Trinajstić information content (AvgIpc) is 2.41. The Morgan fingerprint density at radius 1 is 1.11 bits per heavy atom. The van der Waals surface area contributed by atoms with E-state index in [1.165, 1.54) is 11.1 Å². The molecule has 0 saturated heterocycles. The molecule has 4 heteroatoms. The van der Waals surface area contributed by atoms with Gasteiger partial charge in [-0.25, -0.2) is 0 Å². The van der Waals surface area contributed by atoms with Crippen LogP contribution in [0.25, 0.3) is 11.3 Å². The molecule has 0 atom stereocenters. The van der Waals surface area contributed by atoms with Crippen molar-refractivity contribution in [3.8, 4) is 17.0 Å². The summed E-state index contributed by atoms with van der Waals surface area (Å²) in [5.74, 6) is 0.799. The Morgan fingerprint density at radius 3 is 2.44 bits per heavy atom. The summed E-state index contributed by atoms with van der Waals surface area (Å²) >= 11 is 0. The summed E-state index contributed by atoms with van der Waals surface area (Å²) in [7, 11) is 1.66. The molecule has 0 spiro atoms. The Kier molecular flexibility index (Phi) is 3.58. The van der Waals surface area contributed by atoms with Gasteiger partial charge in [0.2, 0.25) is 0 Å². The normalized spacial score (nSPS) is 10.4. The molecule has 0 aliphatic carbocycles. The van der Waals surface area contributed by atoms with Gasteiger partial charge in [0, 0.05) is 24.5 Å². The average molecular weight is 243 g/mol. The van der Waals surface area contributed by atoms with Crippen LogP contribution in [0.3, 0.4) is 0 Å². The second-order valence-corrected chi connectivity index (χ2v) is 4.19. The van der Waals surface area contributed by atoms with Crippen molar-refractivity contribution in [2.24, 2.45) is 5.73 Å². The van der Waals surface area contributed by atoms with E-state index in [0.717, 1.165) is 22.7 Å². The van der Waals surface area contributed by atoms with Gasteiger partial charge in [0.05, 0.1) is 18.5 Å². The van der Waals surface area contributed by atoms with E-state index in [9.17, 15) is 0 Å². The third-order valence-corrected chi connectivity index (χ3v) is 3.04. The fourth-order valence-electron chi connectivity index (χ4n) is 1.88. The van der Waals surface area contributed by atoms with E-state index in [0.29, 0.717) is 6.54 Å². The van der Waals surface area contributed by atoms with Crippen LogP contribution >= 0.6 is 0 Å². The van der Waals surface area contributed by atoms with Gasteiger partial charge in [-0.1, -0.05) is 0 Å². The van der Waals surface area contributed by atoms with Gasteiger partial charge in [-0.15, -0.1) is 0 Å². The number of nitrogens with zero attached hydrogens (tertiary/aromatic N) is 2. The zero-order chi connectivity index (χ0) is 13.1. The number of hydrogen-bond donors (Lipinski definition) is 1. The predicted octanol–water partition coefficient (Wildman–Crippen LogP) is 2.23. The van der Waals surface area contributed by atoms with Crippen LogP contribution in [0.1, 0.15) is 16.8 Å². The second kappa shape index (κ2) is 5.14. The molecule has 1 aromatic carbocycles.